The Morgan fingerprint density at radius 2 is 2.00 bits per heavy atom. The molecule has 0 fully saturated rings. The van der Waals surface area contributed by atoms with Crippen LogP contribution in [0.25, 0.3) is 10.2 Å². The summed E-state index contributed by atoms with van der Waals surface area (Å²) in [5.41, 5.74) is 0.725. The van der Waals surface area contributed by atoms with Crippen molar-refractivity contribution >= 4 is 27.5 Å². The van der Waals surface area contributed by atoms with Crippen molar-refractivity contribution in [1.82, 2.24) is 4.57 Å². The minimum Gasteiger partial charge on any atom is -0.317 e. The van der Waals surface area contributed by atoms with Crippen LogP contribution in [0.1, 0.15) is 17.3 Å². The Morgan fingerprint density at radius 3 is 2.73 bits per heavy atom. The first kappa shape index (κ1) is 14.6. The van der Waals surface area contributed by atoms with Gasteiger partial charge in [-0.25, -0.2) is 8.78 Å². The monoisotopic (exact) mass is 318 g/mol. The van der Waals surface area contributed by atoms with E-state index in [2.05, 4.69) is 4.99 Å². The minimum atomic E-state index is -0.646. The second-order valence-corrected chi connectivity index (χ2v) is 5.65. The molecule has 0 aliphatic rings. The summed E-state index contributed by atoms with van der Waals surface area (Å²) >= 11 is 1.20. The number of hydrogen-bond donors (Lipinski definition) is 0. The van der Waals surface area contributed by atoms with E-state index >= 15 is 0 Å². The van der Waals surface area contributed by atoms with Gasteiger partial charge in [-0.15, -0.1) is 0 Å². The van der Waals surface area contributed by atoms with Crippen molar-refractivity contribution in [3.63, 3.8) is 0 Å². The summed E-state index contributed by atoms with van der Waals surface area (Å²) in [6.45, 7) is 2.48. The summed E-state index contributed by atoms with van der Waals surface area (Å²) in [4.78, 5) is 16.6. The predicted octanol–water partition coefficient (Wildman–Crippen LogP) is 3.74. The Bertz CT molecular complexity index is 927. The van der Waals surface area contributed by atoms with Crippen LogP contribution in [-0.2, 0) is 6.54 Å². The van der Waals surface area contributed by atoms with Gasteiger partial charge in [-0.2, -0.15) is 4.99 Å². The lowest BCUT2D eigenvalue weighted by Crippen LogP contribution is -2.16. The lowest BCUT2D eigenvalue weighted by molar-refractivity contribution is 0.0994. The minimum absolute atomic E-state index is 0.0752. The van der Waals surface area contributed by atoms with Crippen molar-refractivity contribution in [1.29, 1.82) is 0 Å². The van der Waals surface area contributed by atoms with E-state index in [1.165, 1.54) is 41.7 Å². The summed E-state index contributed by atoms with van der Waals surface area (Å²) in [5, 5.41) is 0. The number of carbonyl (C=O) groups is 1. The molecule has 2 aromatic carbocycles. The van der Waals surface area contributed by atoms with E-state index in [-0.39, 0.29) is 11.4 Å². The van der Waals surface area contributed by atoms with Crippen LogP contribution in [0.5, 0.6) is 0 Å². The fourth-order valence-corrected chi connectivity index (χ4v) is 3.34. The van der Waals surface area contributed by atoms with Gasteiger partial charge in [-0.05, 0) is 37.3 Å². The number of aryl methyl sites for hydroxylation is 1. The molecule has 1 aromatic heterocycles. The predicted molar refractivity (Wildman–Crippen MR) is 81.7 cm³/mol. The van der Waals surface area contributed by atoms with Gasteiger partial charge in [0.15, 0.2) is 4.80 Å². The fraction of sp³-hybridized carbons (Fsp3) is 0.125. The average molecular weight is 318 g/mol. The van der Waals surface area contributed by atoms with Crippen molar-refractivity contribution in [2.24, 2.45) is 4.99 Å². The summed E-state index contributed by atoms with van der Waals surface area (Å²) < 4.78 is 29.5. The zero-order valence-corrected chi connectivity index (χ0v) is 12.5. The molecule has 0 atom stereocenters. The van der Waals surface area contributed by atoms with E-state index in [1.807, 2.05) is 6.92 Å². The maximum atomic E-state index is 13.6. The molecule has 0 aliphatic carbocycles. The molecule has 1 amide bonds. The smallest absolute Gasteiger partial charge is 0.282 e. The van der Waals surface area contributed by atoms with E-state index in [1.54, 1.807) is 16.7 Å². The Balaban J connectivity index is 2.17. The van der Waals surface area contributed by atoms with Crippen molar-refractivity contribution in [2.75, 3.05) is 0 Å². The molecule has 1 heterocycles. The van der Waals surface area contributed by atoms with Crippen LogP contribution in [0.15, 0.2) is 47.5 Å². The molecule has 0 bridgehead atoms. The van der Waals surface area contributed by atoms with Crippen LogP contribution in [0.2, 0.25) is 0 Å². The number of nitrogens with zero attached hydrogens (tertiary/aromatic N) is 2. The summed E-state index contributed by atoms with van der Waals surface area (Å²) in [5.74, 6) is -1.59. The molecule has 0 spiro atoms. The van der Waals surface area contributed by atoms with Gasteiger partial charge in [0.25, 0.3) is 5.91 Å². The number of aromatic nitrogens is 1. The summed E-state index contributed by atoms with van der Waals surface area (Å²) in [6, 6.07) is 10.1. The van der Waals surface area contributed by atoms with E-state index in [0.29, 0.717) is 16.0 Å². The molecule has 0 N–H and O–H groups in total. The molecular formula is C16H12F2N2OS. The quantitative estimate of drug-likeness (QED) is 0.709. The zero-order chi connectivity index (χ0) is 15.7. The molecule has 0 saturated heterocycles. The topological polar surface area (TPSA) is 34.4 Å². The van der Waals surface area contributed by atoms with Crippen LogP contribution < -0.4 is 4.80 Å². The number of thiazole rings is 1. The third kappa shape index (κ3) is 2.57. The Hall–Kier alpha value is -2.34. The van der Waals surface area contributed by atoms with Crippen LogP contribution in [0.4, 0.5) is 8.78 Å². The van der Waals surface area contributed by atoms with Crippen LogP contribution in [-0.4, -0.2) is 10.5 Å². The Morgan fingerprint density at radius 1 is 1.23 bits per heavy atom. The second-order valence-electron chi connectivity index (χ2n) is 4.64. The van der Waals surface area contributed by atoms with Gasteiger partial charge in [0.2, 0.25) is 0 Å². The zero-order valence-electron chi connectivity index (χ0n) is 11.7. The van der Waals surface area contributed by atoms with Gasteiger partial charge < -0.3 is 4.57 Å². The van der Waals surface area contributed by atoms with Crippen molar-refractivity contribution in [3.05, 3.63) is 64.5 Å². The number of carbonyl (C=O) groups excluding carboxylic acids is 1. The number of amides is 1. The lowest BCUT2D eigenvalue weighted by atomic mass is 10.2. The SMILES string of the molecule is CCn1c(=NC(=O)c2ccccc2F)sc2cc(F)ccc21. The summed E-state index contributed by atoms with van der Waals surface area (Å²) in [7, 11) is 0. The Kier molecular flexibility index (Phi) is 3.85. The number of rotatable bonds is 2. The van der Waals surface area contributed by atoms with Gasteiger partial charge in [0, 0.05) is 6.54 Å². The molecule has 22 heavy (non-hydrogen) atoms. The second kappa shape index (κ2) is 5.81. The van der Waals surface area contributed by atoms with Gasteiger partial charge in [0.1, 0.15) is 11.6 Å². The average Bonchev–Trinajstić information content (AvgIpc) is 2.83. The maximum Gasteiger partial charge on any atom is 0.282 e. The van der Waals surface area contributed by atoms with Gasteiger partial charge in [-0.3, -0.25) is 4.79 Å². The van der Waals surface area contributed by atoms with Crippen LogP contribution >= 0.6 is 11.3 Å². The highest BCUT2D eigenvalue weighted by Crippen LogP contribution is 2.18. The van der Waals surface area contributed by atoms with Gasteiger partial charge in [0.05, 0.1) is 15.8 Å². The highest BCUT2D eigenvalue weighted by molar-refractivity contribution is 7.16. The van der Waals surface area contributed by atoms with E-state index in [4.69, 9.17) is 0 Å². The van der Waals surface area contributed by atoms with Gasteiger partial charge >= 0.3 is 0 Å². The maximum absolute atomic E-state index is 13.6. The number of benzene rings is 2. The van der Waals surface area contributed by atoms with Gasteiger partial charge in [-0.1, -0.05) is 23.5 Å². The molecule has 0 radical (unpaired) electrons. The van der Waals surface area contributed by atoms with E-state index in [0.717, 1.165) is 5.52 Å². The molecule has 3 nitrogen and oxygen atoms in total. The van der Waals surface area contributed by atoms with Crippen molar-refractivity contribution in [3.8, 4) is 0 Å². The third-order valence-electron chi connectivity index (χ3n) is 3.26. The van der Waals surface area contributed by atoms with Crippen molar-refractivity contribution in [2.45, 2.75) is 13.5 Å². The standard InChI is InChI=1S/C16H12F2N2OS/c1-2-20-13-8-7-10(17)9-14(13)22-16(20)19-15(21)11-5-3-4-6-12(11)18/h3-9H,2H2,1H3. The first-order valence-corrected chi connectivity index (χ1v) is 7.54. The number of fused-ring (bicyclic) bond motifs is 1. The van der Waals surface area contributed by atoms with Crippen LogP contribution in [0.3, 0.4) is 0 Å². The first-order chi connectivity index (χ1) is 10.6. The van der Waals surface area contributed by atoms with E-state index < -0.39 is 11.7 Å². The fourth-order valence-electron chi connectivity index (χ4n) is 2.22. The molecule has 3 rings (SSSR count). The van der Waals surface area contributed by atoms with Crippen molar-refractivity contribution < 1.29 is 13.6 Å². The summed E-state index contributed by atoms with van der Waals surface area (Å²) in [6.07, 6.45) is 0. The molecule has 0 unspecified atom stereocenters. The molecule has 0 aliphatic heterocycles. The lowest BCUT2D eigenvalue weighted by Gasteiger charge is -2.00. The van der Waals surface area contributed by atoms with E-state index in [9.17, 15) is 13.6 Å². The third-order valence-corrected chi connectivity index (χ3v) is 4.30. The largest absolute Gasteiger partial charge is 0.317 e. The molecular weight excluding hydrogens is 306 g/mol. The number of hydrogen-bond acceptors (Lipinski definition) is 2. The highest BCUT2D eigenvalue weighted by atomic mass is 32.1. The molecule has 0 saturated carbocycles. The van der Waals surface area contributed by atoms with Crippen LogP contribution in [0, 0.1) is 11.6 Å². The molecule has 3 aromatic rings. The molecule has 6 heteroatoms. The first-order valence-electron chi connectivity index (χ1n) is 6.72. The normalized spacial score (nSPS) is 12.0. The molecule has 112 valence electrons. The Labute approximate surface area is 129 Å². The highest BCUT2D eigenvalue weighted by Gasteiger charge is 2.12. The number of halogens is 2.